The molecule has 4 rings (SSSR count). The Kier molecular flexibility index (Phi) is 5.07. The molecular weight excluding hydrogens is 409 g/mol. The minimum Gasteiger partial charge on any atom is -0.352 e. The van der Waals surface area contributed by atoms with Crippen LogP contribution in [-0.2, 0) is 10.2 Å². The smallest absolute Gasteiger partial charge is 0.275 e. The Balaban J connectivity index is 1.85. The standard InChI is InChI=1S/C24H28FN5O2/c1-14-11-15(7-8-17(14)25)18-12-16(23(2,3)4)20-27-19(13-30(20)28-18)21(31)29-10-9-26-22(32)24(29,5)6/h7-8,11-13H,9-10H2,1-6H3,(H,26,32). The van der Waals surface area contributed by atoms with Gasteiger partial charge in [0.05, 0.1) is 11.9 Å². The predicted molar refractivity (Wildman–Crippen MR) is 120 cm³/mol. The zero-order valence-corrected chi connectivity index (χ0v) is 19.3. The molecule has 0 aliphatic carbocycles. The van der Waals surface area contributed by atoms with E-state index in [0.29, 0.717) is 30.0 Å². The highest BCUT2D eigenvalue weighted by Crippen LogP contribution is 2.31. The van der Waals surface area contributed by atoms with Crippen molar-refractivity contribution in [1.82, 2.24) is 24.8 Å². The molecule has 32 heavy (non-hydrogen) atoms. The molecule has 7 nitrogen and oxygen atoms in total. The molecule has 0 atom stereocenters. The predicted octanol–water partition coefficient (Wildman–Crippen LogP) is 3.49. The van der Waals surface area contributed by atoms with Crippen molar-refractivity contribution in [2.45, 2.75) is 52.5 Å². The Labute approximate surface area is 186 Å². The first-order valence-corrected chi connectivity index (χ1v) is 10.7. The van der Waals surface area contributed by atoms with Crippen LogP contribution in [0.4, 0.5) is 4.39 Å². The van der Waals surface area contributed by atoms with Crippen molar-refractivity contribution in [2.75, 3.05) is 13.1 Å². The normalized spacial score (nSPS) is 16.3. The van der Waals surface area contributed by atoms with E-state index in [9.17, 15) is 14.0 Å². The number of nitrogens with one attached hydrogen (secondary N) is 1. The van der Waals surface area contributed by atoms with Gasteiger partial charge >= 0.3 is 0 Å². The monoisotopic (exact) mass is 437 g/mol. The van der Waals surface area contributed by atoms with Crippen LogP contribution in [0.2, 0.25) is 0 Å². The molecule has 0 bridgehead atoms. The zero-order valence-electron chi connectivity index (χ0n) is 19.3. The minimum atomic E-state index is -0.970. The third-order valence-electron chi connectivity index (χ3n) is 6.00. The maximum atomic E-state index is 13.8. The first-order chi connectivity index (χ1) is 14.9. The summed E-state index contributed by atoms with van der Waals surface area (Å²) < 4.78 is 15.4. The lowest BCUT2D eigenvalue weighted by Gasteiger charge is -2.40. The number of rotatable bonds is 2. The topological polar surface area (TPSA) is 79.6 Å². The van der Waals surface area contributed by atoms with Gasteiger partial charge in [0, 0.05) is 24.2 Å². The van der Waals surface area contributed by atoms with Gasteiger partial charge in [-0.05, 0) is 56.0 Å². The number of aromatic nitrogens is 3. The summed E-state index contributed by atoms with van der Waals surface area (Å²) in [5.41, 5.74) is 2.48. The van der Waals surface area contributed by atoms with Gasteiger partial charge in [-0.25, -0.2) is 13.9 Å². The largest absolute Gasteiger partial charge is 0.352 e. The Morgan fingerprint density at radius 2 is 1.94 bits per heavy atom. The van der Waals surface area contributed by atoms with Crippen LogP contribution in [0.3, 0.4) is 0 Å². The van der Waals surface area contributed by atoms with Crippen molar-refractivity contribution in [3.05, 3.63) is 53.1 Å². The molecule has 1 N–H and O–H groups in total. The number of hydrogen-bond acceptors (Lipinski definition) is 4. The minimum absolute atomic E-state index is 0.191. The molecule has 0 radical (unpaired) electrons. The molecule has 0 spiro atoms. The van der Waals surface area contributed by atoms with Crippen molar-refractivity contribution in [1.29, 1.82) is 0 Å². The van der Waals surface area contributed by atoms with Crippen LogP contribution in [0.5, 0.6) is 0 Å². The number of halogens is 1. The average molecular weight is 438 g/mol. The molecule has 0 unspecified atom stereocenters. The lowest BCUT2D eigenvalue weighted by Crippen LogP contribution is -2.63. The molecule has 168 valence electrons. The average Bonchev–Trinajstić information content (AvgIpc) is 3.14. The van der Waals surface area contributed by atoms with E-state index >= 15 is 0 Å². The molecule has 1 saturated heterocycles. The number of nitrogens with zero attached hydrogens (tertiary/aromatic N) is 4. The maximum absolute atomic E-state index is 13.8. The fourth-order valence-corrected chi connectivity index (χ4v) is 3.97. The van der Waals surface area contributed by atoms with Gasteiger partial charge in [-0.2, -0.15) is 5.10 Å². The second kappa shape index (κ2) is 7.39. The van der Waals surface area contributed by atoms with Crippen molar-refractivity contribution in [3.63, 3.8) is 0 Å². The van der Waals surface area contributed by atoms with Crippen LogP contribution in [0.1, 0.15) is 56.2 Å². The second-order valence-electron chi connectivity index (χ2n) is 9.82. The second-order valence-corrected chi connectivity index (χ2v) is 9.82. The van der Waals surface area contributed by atoms with E-state index in [1.54, 1.807) is 48.5 Å². The summed E-state index contributed by atoms with van der Waals surface area (Å²) in [5.74, 6) is -0.771. The van der Waals surface area contributed by atoms with Gasteiger partial charge in [0.15, 0.2) is 5.65 Å². The fraction of sp³-hybridized carbons (Fsp3) is 0.417. The van der Waals surface area contributed by atoms with E-state index in [-0.39, 0.29) is 28.7 Å². The number of amides is 2. The van der Waals surface area contributed by atoms with Gasteiger partial charge < -0.3 is 10.2 Å². The van der Waals surface area contributed by atoms with Gasteiger partial charge in [0.1, 0.15) is 17.1 Å². The van der Waals surface area contributed by atoms with E-state index < -0.39 is 5.54 Å². The van der Waals surface area contributed by atoms with E-state index in [0.717, 1.165) is 11.1 Å². The highest BCUT2D eigenvalue weighted by atomic mass is 19.1. The van der Waals surface area contributed by atoms with Crippen LogP contribution in [0.15, 0.2) is 30.5 Å². The maximum Gasteiger partial charge on any atom is 0.275 e. The summed E-state index contributed by atoms with van der Waals surface area (Å²) in [6, 6.07) is 6.83. The number of fused-ring (bicyclic) bond motifs is 1. The Hall–Kier alpha value is -3.29. The number of carbonyl (C=O) groups is 2. The molecule has 1 aliphatic heterocycles. The fourth-order valence-electron chi connectivity index (χ4n) is 3.97. The van der Waals surface area contributed by atoms with Gasteiger partial charge in [0.25, 0.3) is 5.91 Å². The molecule has 3 aromatic rings. The molecule has 1 aliphatic rings. The molecular formula is C24H28FN5O2. The first-order valence-electron chi connectivity index (χ1n) is 10.7. The number of aryl methyl sites for hydroxylation is 1. The van der Waals surface area contributed by atoms with E-state index in [4.69, 9.17) is 0 Å². The van der Waals surface area contributed by atoms with Gasteiger partial charge in [-0.3, -0.25) is 9.59 Å². The Bertz CT molecular complexity index is 1240. The third-order valence-corrected chi connectivity index (χ3v) is 6.00. The summed E-state index contributed by atoms with van der Waals surface area (Å²) >= 11 is 0. The summed E-state index contributed by atoms with van der Waals surface area (Å²) in [6.07, 6.45) is 1.61. The number of carbonyl (C=O) groups excluding carboxylic acids is 2. The van der Waals surface area contributed by atoms with Crippen molar-refractivity contribution >= 4 is 17.5 Å². The van der Waals surface area contributed by atoms with E-state index in [1.165, 1.54) is 6.07 Å². The highest BCUT2D eigenvalue weighted by molar-refractivity contribution is 5.99. The third kappa shape index (κ3) is 3.63. The van der Waals surface area contributed by atoms with Crippen LogP contribution in [0.25, 0.3) is 16.9 Å². The quantitative estimate of drug-likeness (QED) is 0.666. The Morgan fingerprint density at radius 3 is 2.59 bits per heavy atom. The first kappa shape index (κ1) is 21.9. The lowest BCUT2D eigenvalue weighted by molar-refractivity contribution is -0.133. The van der Waals surface area contributed by atoms with Gasteiger partial charge in [-0.1, -0.05) is 20.8 Å². The lowest BCUT2D eigenvalue weighted by atomic mass is 9.87. The number of hydrogen-bond donors (Lipinski definition) is 1. The highest BCUT2D eigenvalue weighted by Gasteiger charge is 2.41. The van der Waals surface area contributed by atoms with Gasteiger partial charge in [-0.15, -0.1) is 0 Å². The number of piperazine rings is 1. The summed E-state index contributed by atoms with van der Waals surface area (Å²) in [4.78, 5) is 31.8. The Morgan fingerprint density at radius 1 is 1.22 bits per heavy atom. The summed E-state index contributed by atoms with van der Waals surface area (Å²) in [6.45, 7) is 12.2. The van der Waals surface area contributed by atoms with E-state index in [1.807, 2.05) is 6.07 Å². The molecule has 1 fully saturated rings. The van der Waals surface area contributed by atoms with Crippen molar-refractivity contribution in [2.24, 2.45) is 0 Å². The van der Waals surface area contributed by atoms with Gasteiger partial charge in [0.2, 0.25) is 5.91 Å². The molecule has 3 heterocycles. The number of benzene rings is 1. The molecule has 1 aromatic carbocycles. The summed E-state index contributed by atoms with van der Waals surface area (Å²) in [7, 11) is 0. The van der Waals surface area contributed by atoms with Crippen LogP contribution < -0.4 is 5.32 Å². The van der Waals surface area contributed by atoms with Crippen molar-refractivity contribution < 1.29 is 14.0 Å². The van der Waals surface area contributed by atoms with Crippen molar-refractivity contribution in [3.8, 4) is 11.3 Å². The van der Waals surface area contributed by atoms with Crippen LogP contribution >= 0.6 is 0 Å². The molecule has 8 heteroatoms. The summed E-state index contributed by atoms with van der Waals surface area (Å²) in [5, 5.41) is 7.47. The van der Waals surface area contributed by atoms with Crippen LogP contribution in [0, 0.1) is 12.7 Å². The molecule has 2 aromatic heterocycles. The van der Waals surface area contributed by atoms with Crippen LogP contribution in [-0.4, -0.2) is 49.9 Å². The van der Waals surface area contributed by atoms with E-state index in [2.05, 4.69) is 36.2 Å². The molecule has 2 amide bonds. The SMILES string of the molecule is Cc1cc(-c2cc(C(C)(C)C)c3nc(C(=O)N4CCNC(=O)C4(C)C)cn3n2)ccc1F. The number of imidazole rings is 1. The molecule has 0 saturated carbocycles. The zero-order chi connectivity index (χ0) is 23.4.